The summed E-state index contributed by atoms with van der Waals surface area (Å²) in [7, 11) is 0. The van der Waals surface area contributed by atoms with Crippen molar-refractivity contribution >= 4 is 22.7 Å². The number of aryl methyl sites for hydroxylation is 1. The Morgan fingerprint density at radius 1 is 1.21 bits per heavy atom. The van der Waals surface area contributed by atoms with Crippen LogP contribution in [0.1, 0.15) is 31.7 Å². The van der Waals surface area contributed by atoms with Crippen molar-refractivity contribution in [2.45, 2.75) is 38.3 Å². The number of non-ortho nitro benzene ring substituents is 1. The van der Waals surface area contributed by atoms with Crippen molar-refractivity contribution in [3.05, 3.63) is 63.4 Å². The highest BCUT2D eigenvalue weighted by atomic mass is 16.6. The lowest BCUT2D eigenvalue weighted by Crippen LogP contribution is -2.38. The fourth-order valence-corrected chi connectivity index (χ4v) is 3.93. The summed E-state index contributed by atoms with van der Waals surface area (Å²) in [6.45, 7) is 1.80. The predicted molar refractivity (Wildman–Crippen MR) is 106 cm³/mol. The van der Waals surface area contributed by atoms with Crippen LogP contribution in [0.5, 0.6) is 0 Å². The summed E-state index contributed by atoms with van der Waals surface area (Å²) in [6, 6.07) is 8.55. The van der Waals surface area contributed by atoms with E-state index in [9.17, 15) is 19.7 Å². The molecule has 152 valence electrons. The maximum Gasteiger partial charge on any atom is 0.419 e. The van der Waals surface area contributed by atoms with Gasteiger partial charge in [0.25, 0.3) is 5.69 Å². The van der Waals surface area contributed by atoms with Crippen molar-refractivity contribution in [1.29, 1.82) is 0 Å². The molecule has 1 aliphatic rings. The fraction of sp³-hybridized carbons (Fsp3) is 0.400. The number of carbonyl (C=O) groups is 1. The van der Waals surface area contributed by atoms with Crippen LogP contribution in [0.15, 0.2) is 51.9 Å². The quantitative estimate of drug-likeness (QED) is 0.469. The van der Waals surface area contributed by atoms with E-state index in [0.29, 0.717) is 30.9 Å². The van der Waals surface area contributed by atoms with Crippen LogP contribution in [0.4, 0.5) is 5.69 Å². The van der Waals surface area contributed by atoms with Gasteiger partial charge in [0.15, 0.2) is 5.58 Å². The molecule has 0 N–H and O–H groups in total. The van der Waals surface area contributed by atoms with Gasteiger partial charge in [-0.15, -0.1) is 0 Å². The lowest BCUT2D eigenvalue weighted by atomic mass is 10.0. The Bertz CT molecular complexity index is 1070. The van der Waals surface area contributed by atoms with Crippen molar-refractivity contribution in [2.75, 3.05) is 13.1 Å². The van der Waals surface area contributed by atoms with E-state index >= 15 is 0 Å². The van der Waals surface area contributed by atoms with Crippen LogP contribution in [0.25, 0.3) is 11.1 Å². The van der Waals surface area contributed by atoms with Crippen LogP contribution >= 0.6 is 0 Å². The van der Waals surface area contributed by atoms with E-state index in [1.165, 1.54) is 22.8 Å². The zero-order valence-corrected chi connectivity index (χ0v) is 15.9. The summed E-state index contributed by atoms with van der Waals surface area (Å²) in [5, 5.41) is 10.9. The number of hydrogen-bond donors (Lipinski definition) is 0. The lowest BCUT2D eigenvalue weighted by Gasteiger charge is -2.33. The Labute approximate surface area is 166 Å². The van der Waals surface area contributed by atoms with E-state index in [0.717, 1.165) is 25.9 Å². The van der Waals surface area contributed by atoms with Gasteiger partial charge in [-0.25, -0.2) is 4.79 Å². The number of amides is 1. The standard InChI is InChI=1S/C20H22N4O5/c25-19(22-12-7-15(8-13-22)21-9-1-2-10-21)4-3-11-23-17-6-5-16(24(27)28)14-18(17)29-20(23)26/h1-2,5-6,9-10,14-15H,3-4,7-8,11-13H2. The second kappa shape index (κ2) is 7.94. The number of nitro groups is 1. The van der Waals surface area contributed by atoms with Crippen LogP contribution in [0.3, 0.4) is 0 Å². The van der Waals surface area contributed by atoms with E-state index in [4.69, 9.17) is 4.42 Å². The molecule has 3 aromatic rings. The van der Waals surface area contributed by atoms with Gasteiger partial charge in [0.1, 0.15) is 0 Å². The van der Waals surface area contributed by atoms with E-state index < -0.39 is 10.7 Å². The minimum absolute atomic E-state index is 0.0902. The van der Waals surface area contributed by atoms with Gasteiger partial charge in [-0.3, -0.25) is 19.5 Å². The molecule has 0 bridgehead atoms. The molecule has 2 aromatic heterocycles. The monoisotopic (exact) mass is 398 g/mol. The highest BCUT2D eigenvalue weighted by Gasteiger charge is 2.23. The number of hydrogen-bond acceptors (Lipinski definition) is 5. The van der Waals surface area contributed by atoms with Gasteiger partial charge >= 0.3 is 5.76 Å². The molecule has 0 aliphatic carbocycles. The smallest absolute Gasteiger partial charge is 0.407 e. The third-order valence-corrected chi connectivity index (χ3v) is 5.50. The Balaban J connectivity index is 1.32. The number of piperidine rings is 1. The first kappa shape index (κ1) is 19.0. The molecule has 29 heavy (non-hydrogen) atoms. The molecule has 9 nitrogen and oxygen atoms in total. The molecule has 0 unspecified atom stereocenters. The van der Waals surface area contributed by atoms with Crippen molar-refractivity contribution in [3.63, 3.8) is 0 Å². The number of oxazole rings is 1. The molecule has 0 saturated carbocycles. The number of aromatic nitrogens is 2. The third kappa shape index (κ3) is 3.94. The Morgan fingerprint density at radius 3 is 2.62 bits per heavy atom. The van der Waals surface area contributed by atoms with Crippen LogP contribution in [-0.4, -0.2) is 38.0 Å². The molecule has 0 spiro atoms. The minimum atomic E-state index is -0.569. The van der Waals surface area contributed by atoms with E-state index in [1.54, 1.807) is 0 Å². The number of rotatable bonds is 6. The summed E-state index contributed by atoms with van der Waals surface area (Å²) >= 11 is 0. The number of nitrogens with zero attached hydrogens (tertiary/aromatic N) is 4. The van der Waals surface area contributed by atoms with Crippen LogP contribution < -0.4 is 5.76 Å². The van der Waals surface area contributed by atoms with Crippen LogP contribution in [-0.2, 0) is 11.3 Å². The molecule has 0 atom stereocenters. The molecule has 1 aromatic carbocycles. The molecule has 9 heteroatoms. The summed E-state index contributed by atoms with van der Waals surface area (Å²) < 4.78 is 8.73. The molecule has 0 radical (unpaired) electrons. The van der Waals surface area contributed by atoms with Crippen LogP contribution in [0.2, 0.25) is 0 Å². The van der Waals surface area contributed by atoms with E-state index in [1.807, 2.05) is 17.0 Å². The lowest BCUT2D eigenvalue weighted by molar-refractivity contribution is -0.384. The molecular formula is C20H22N4O5. The summed E-state index contributed by atoms with van der Waals surface area (Å²) in [5.41, 5.74) is 0.556. The van der Waals surface area contributed by atoms with Crippen molar-refractivity contribution < 1.29 is 14.1 Å². The maximum absolute atomic E-state index is 12.5. The Kier molecular flexibility index (Phi) is 5.20. The molecule has 1 fully saturated rings. The summed E-state index contributed by atoms with van der Waals surface area (Å²) in [6.07, 6.45) is 6.84. The summed E-state index contributed by atoms with van der Waals surface area (Å²) in [4.78, 5) is 36.8. The average molecular weight is 398 g/mol. The Hall–Kier alpha value is -3.36. The molecular weight excluding hydrogens is 376 g/mol. The van der Waals surface area contributed by atoms with E-state index in [-0.39, 0.29) is 17.2 Å². The van der Waals surface area contributed by atoms with Gasteiger partial charge in [0, 0.05) is 50.6 Å². The third-order valence-electron chi connectivity index (χ3n) is 5.50. The zero-order chi connectivity index (χ0) is 20.4. The number of benzene rings is 1. The normalized spacial score (nSPS) is 15.1. The SMILES string of the molecule is O=C(CCCn1c(=O)oc2cc([N+](=O)[O-])ccc21)N1CCC(n2cccc2)CC1. The first-order chi connectivity index (χ1) is 14.0. The molecule has 4 rings (SSSR count). The number of carbonyl (C=O) groups excluding carboxylic acids is 1. The molecule has 1 aliphatic heterocycles. The Morgan fingerprint density at radius 2 is 1.93 bits per heavy atom. The highest BCUT2D eigenvalue weighted by Crippen LogP contribution is 2.23. The van der Waals surface area contributed by atoms with Crippen molar-refractivity contribution in [2.24, 2.45) is 0 Å². The fourth-order valence-electron chi connectivity index (χ4n) is 3.93. The highest BCUT2D eigenvalue weighted by molar-refractivity contribution is 5.77. The van der Waals surface area contributed by atoms with Gasteiger partial charge in [0.2, 0.25) is 5.91 Å². The molecule has 1 saturated heterocycles. The topological polar surface area (TPSA) is 104 Å². The van der Waals surface area contributed by atoms with Gasteiger partial charge in [-0.05, 0) is 37.5 Å². The first-order valence-electron chi connectivity index (χ1n) is 9.71. The van der Waals surface area contributed by atoms with Crippen molar-refractivity contribution in [1.82, 2.24) is 14.0 Å². The van der Waals surface area contributed by atoms with Gasteiger partial charge < -0.3 is 13.9 Å². The number of fused-ring (bicyclic) bond motifs is 1. The number of likely N-dealkylation sites (tertiary alicyclic amines) is 1. The van der Waals surface area contributed by atoms with Crippen LogP contribution in [0, 0.1) is 10.1 Å². The molecule has 3 heterocycles. The summed E-state index contributed by atoms with van der Waals surface area (Å²) in [5.74, 6) is -0.479. The first-order valence-corrected chi connectivity index (χ1v) is 9.71. The molecule has 1 amide bonds. The predicted octanol–water partition coefficient (Wildman–Crippen LogP) is 2.95. The number of nitro benzene ring substituents is 1. The van der Waals surface area contributed by atoms with E-state index in [2.05, 4.69) is 17.0 Å². The van der Waals surface area contributed by atoms with Crippen molar-refractivity contribution in [3.8, 4) is 0 Å². The van der Waals surface area contributed by atoms with Gasteiger partial charge in [-0.2, -0.15) is 0 Å². The van der Waals surface area contributed by atoms with Gasteiger partial charge in [-0.1, -0.05) is 0 Å². The average Bonchev–Trinajstić information content (AvgIpc) is 3.36. The van der Waals surface area contributed by atoms with Gasteiger partial charge in [0.05, 0.1) is 16.5 Å². The second-order valence-corrected chi connectivity index (χ2v) is 7.27. The largest absolute Gasteiger partial charge is 0.419 e. The maximum atomic E-state index is 12.5. The zero-order valence-electron chi connectivity index (χ0n) is 15.9. The second-order valence-electron chi connectivity index (χ2n) is 7.27. The minimum Gasteiger partial charge on any atom is -0.407 e.